The average molecular weight is 250 g/mol. The molecule has 1 atom stereocenters. The summed E-state index contributed by atoms with van der Waals surface area (Å²) in [6.45, 7) is 0.347. The first-order valence-corrected chi connectivity index (χ1v) is 4.97. The molecular formula is C11H14ClF2NO. The second-order valence-electron chi connectivity index (χ2n) is 3.87. The highest BCUT2D eigenvalue weighted by molar-refractivity contribution is 5.85. The lowest BCUT2D eigenvalue weighted by Crippen LogP contribution is -2.44. The normalized spacial score (nSPS) is 23.5. The van der Waals surface area contributed by atoms with Crippen molar-refractivity contribution in [2.24, 2.45) is 0 Å². The van der Waals surface area contributed by atoms with E-state index in [4.69, 9.17) is 5.11 Å². The fraction of sp³-hybridized carbons (Fsp3) is 0.455. The molecule has 1 fully saturated rings. The Morgan fingerprint density at radius 3 is 2.44 bits per heavy atom. The summed E-state index contributed by atoms with van der Waals surface area (Å²) in [5.41, 5.74) is 0.597. The van der Waals surface area contributed by atoms with Crippen molar-refractivity contribution in [2.45, 2.75) is 18.3 Å². The van der Waals surface area contributed by atoms with Gasteiger partial charge in [-0.25, -0.2) is 8.78 Å². The third-order valence-corrected chi connectivity index (χ3v) is 2.78. The summed E-state index contributed by atoms with van der Waals surface area (Å²) in [4.78, 5) is 0. The second kappa shape index (κ2) is 4.97. The van der Waals surface area contributed by atoms with E-state index >= 15 is 0 Å². The fourth-order valence-electron chi connectivity index (χ4n) is 1.95. The lowest BCUT2D eigenvalue weighted by Gasteiger charge is -2.32. The molecule has 1 aliphatic rings. The van der Waals surface area contributed by atoms with Crippen LogP contribution in [0, 0.1) is 0 Å². The summed E-state index contributed by atoms with van der Waals surface area (Å²) >= 11 is 0. The Hall–Kier alpha value is -0.870. The minimum atomic E-state index is -2.70. The van der Waals surface area contributed by atoms with Gasteiger partial charge in [-0.1, -0.05) is 12.1 Å². The smallest absolute Gasteiger partial charge is 0.267 e. The zero-order chi connectivity index (χ0) is 10.9. The molecule has 90 valence electrons. The van der Waals surface area contributed by atoms with Crippen LogP contribution >= 0.6 is 12.4 Å². The van der Waals surface area contributed by atoms with Crippen LogP contribution in [0.5, 0.6) is 5.75 Å². The van der Waals surface area contributed by atoms with Crippen LogP contribution in [0.15, 0.2) is 24.3 Å². The number of hydrogen-bond acceptors (Lipinski definition) is 2. The van der Waals surface area contributed by atoms with E-state index in [1.54, 1.807) is 12.1 Å². The Morgan fingerprint density at radius 1 is 1.25 bits per heavy atom. The number of nitrogens with one attached hydrogen (secondary N) is 1. The summed E-state index contributed by atoms with van der Waals surface area (Å²) in [5.74, 6) is -3.33. The monoisotopic (exact) mass is 249 g/mol. The number of aromatic hydroxyl groups is 1. The highest BCUT2D eigenvalue weighted by Gasteiger charge is 2.42. The molecule has 2 rings (SSSR count). The van der Waals surface area contributed by atoms with Crippen molar-refractivity contribution >= 4 is 12.4 Å². The van der Waals surface area contributed by atoms with Crippen LogP contribution in [-0.2, 0) is 0 Å². The molecule has 16 heavy (non-hydrogen) atoms. The fourth-order valence-corrected chi connectivity index (χ4v) is 1.95. The number of benzene rings is 1. The summed E-state index contributed by atoms with van der Waals surface area (Å²) < 4.78 is 27.1. The third-order valence-electron chi connectivity index (χ3n) is 2.78. The van der Waals surface area contributed by atoms with Gasteiger partial charge in [0.2, 0.25) is 0 Å². The average Bonchev–Trinajstić information content (AvgIpc) is 2.19. The SMILES string of the molecule is Cl.Oc1ccc(C2CCNCC2(F)F)cc1. The molecule has 1 unspecified atom stereocenters. The molecule has 0 aliphatic carbocycles. The number of phenols is 1. The maximum Gasteiger partial charge on any atom is 0.267 e. The van der Waals surface area contributed by atoms with Crippen LogP contribution in [0.4, 0.5) is 8.78 Å². The molecule has 1 aromatic carbocycles. The molecule has 2 N–H and O–H groups in total. The van der Waals surface area contributed by atoms with Gasteiger partial charge in [0.25, 0.3) is 5.92 Å². The first-order chi connectivity index (χ1) is 7.09. The molecule has 0 saturated carbocycles. The van der Waals surface area contributed by atoms with Gasteiger partial charge in [-0.2, -0.15) is 0 Å². The number of rotatable bonds is 1. The first kappa shape index (κ1) is 13.2. The maximum atomic E-state index is 13.5. The Morgan fingerprint density at radius 2 is 1.88 bits per heavy atom. The predicted molar refractivity (Wildman–Crippen MR) is 60.5 cm³/mol. The Kier molecular flexibility index (Phi) is 4.10. The number of piperidine rings is 1. The molecule has 1 saturated heterocycles. The van der Waals surface area contributed by atoms with Crippen LogP contribution in [0.1, 0.15) is 17.9 Å². The summed E-state index contributed by atoms with van der Waals surface area (Å²) in [5, 5.41) is 11.8. The van der Waals surface area contributed by atoms with E-state index in [0.717, 1.165) is 0 Å². The van der Waals surface area contributed by atoms with Gasteiger partial charge in [0.05, 0.1) is 12.5 Å². The number of phenolic OH excluding ortho intramolecular Hbond substituents is 1. The summed E-state index contributed by atoms with van der Waals surface area (Å²) in [7, 11) is 0. The van der Waals surface area contributed by atoms with Crippen molar-refractivity contribution in [3.05, 3.63) is 29.8 Å². The van der Waals surface area contributed by atoms with Gasteiger partial charge < -0.3 is 10.4 Å². The van der Waals surface area contributed by atoms with Gasteiger partial charge >= 0.3 is 0 Å². The third kappa shape index (κ3) is 2.62. The first-order valence-electron chi connectivity index (χ1n) is 4.97. The summed E-state index contributed by atoms with van der Waals surface area (Å²) in [6, 6.07) is 6.04. The van der Waals surface area contributed by atoms with Gasteiger partial charge in [0, 0.05) is 0 Å². The quantitative estimate of drug-likeness (QED) is 0.802. The van der Waals surface area contributed by atoms with Gasteiger partial charge in [-0.3, -0.25) is 0 Å². The molecule has 1 heterocycles. The van der Waals surface area contributed by atoms with Crippen molar-refractivity contribution in [3.8, 4) is 5.75 Å². The molecule has 1 aromatic rings. The molecule has 5 heteroatoms. The van der Waals surface area contributed by atoms with Crippen molar-refractivity contribution in [1.82, 2.24) is 5.32 Å². The summed E-state index contributed by atoms with van der Waals surface area (Å²) in [6.07, 6.45) is 0.428. The van der Waals surface area contributed by atoms with Crippen molar-refractivity contribution < 1.29 is 13.9 Å². The van der Waals surface area contributed by atoms with Crippen LogP contribution in [0.2, 0.25) is 0 Å². The van der Waals surface area contributed by atoms with E-state index in [0.29, 0.717) is 18.5 Å². The molecule has 1 aliphatic heterocycles. The lowest BCUT2D eigenvalue weighted by molar-refractivity contribution is -0.0420. The van der Waals surface area contributed by atoms with Crippen LogP contribution in [0.3, 0.4) is 0 Å². The standard InChI is InChI=1S/C11H13F2NO.ClH/c12-11(13)7-14-6-5-10(11)8-1-3-9(15)4-2-8;/h1-4,10,14-15H,5-7H2;1H. The Labute approximate surface area is 99.1 Å². The van der Waals surface area contributed by atoms with E-state index in [-0.39, 0.29) is 24.7 Å². The Balaban J connectivity index is 0.00000128. The van der Waals surface area contributed by atoms with Gasteiger partial charge in [-0.05, 0) is 30.7 Å². The molecule has 0 radical (unpaired) electrons. The van der Waals surface area contributed by atoms with E-state index in [2.05, 4.69) is 5.32 Å². The van der Waals surface area contributed by atoms with Crippen molar-refractivity contribution in [1.29, 1.82) is 0 Å². The van der Waals surface area contributed by atoms with E-state index in [9.17, 15) is 8.78 Å². The minimum Gasteiger partial charge on any atom is -0.508 e. The molecule has 2 nitrogen and oxygen atoms in total. The second-order valence-corrected chi connectivity index (χ2v) is 3.87. The Bertz CT molecular complexity index is 342. The lowest BCUT2D eigenvalue weighted by atomic mass is 9.87. The molecular weight excluding hydrogens is 236 g/mol. The minimum absolute atomic E-state index is 0. The molecule has 0 spiro atoms. The van der Waals surface area contributed by atoms with E-state index in [1.165, 1.54) is 12.1 Å². The van der Waals surface area contributed by atoms with E-state index in [1.807, 2.05) is 0 Å². The van der Waals surface area contributed by atoms with Gasteiger partial charge in [-0.15, -0.1) is 12.4 Å². The number of hydrogen-bond donors (Lipinski definition) is 2. The molecule has 0 amide bonds. The van der Waals surface area contributed by atoms with Crippen LogP contribution in [-0.4, -0.2) is 24.1 Å². The van der Waals surface area contributed by atoms with Crippen molar-refractivity contribution in [2.75, 3.05) is 13.1 Å². The highest BCUT2D eigenvalue weighted by atomic mass is 35.5. The number of halogens is 3. The van der Waals surface area contributed by atoms with E-state index < -0.39 is 11.8 Å². The highest BCUT2D eigenvalue weighted by Crippen LogP contribution is 2.38. The predicted octanol–water partition coefficient (Wildman–Crippen LogP) is 2.53. The van der Waals surface area contributed by atoms with Crippen molar-refractivity contribution in [3.63, 3.8) is 0 Å². The van der Waals surface area contributed by atoms with Crippen LogP contribution < -0.4 is 5.32 Å². The zero-order valence-corrected chi connectivity index (χ0v) is 9.44. The topological polar surface area (TPSA) is 32.3 Å². The number of alkyl halides is 2. The molecule has 0 aromatic heterocycles. The van der Waals surface area contributed by atoms with Gasteiger partial charge in [0.15, 0.2) is 0 Å². The largest absolute Gasteiger partial charge is 0.508 e. The van der Waals surface area contributed by atoms with Gasteiger partial charge in [0.1, 0.15) is 5.75 Å². The maximum absolute atomic E-state index is 13.5. The van der Waals surface area contributed by atoms with Crippen LogP contribution in [0.25, 0.3) is 0 Å². The zero-order valence-electron chi connectivity index (χ0n) is 8.62. The molecule has 0 bridgehead atoms.